The zero-order chi connectivity index (χ0) is 6.73. The zero-order valence-electron chi connectivity index (χ0n) is 5.56. The molecule has 0 bridgehead atoms. The molecule has 0 atom stereocenters. The van der Waals surface area contributed by atoms with Crippen molar-refractivity contribution >= 4 is 16.3 Å². The molecule has 8 heavy (non-hydrogen) atoms. The normalized spacial score (nSPS) is 8.75. The highest BCUT2D eigenvalue weighted by Crippen LogP contribution is 1.92. The Labute approximate surface area is 52.7 Å². The third-order valence-corrected chi connectivity index (χ3v) is 2.44. The van der Waals surface area contributed by atoms with E-state index >= 15 is 0 Å². The number of carbonyl (C=O) groups excluding carboxylic acids is 1. The highest BCUT2D eigenvalue weighted by Gasteiger charge is 1.98. The molecule has 0 aromatic carbocycles. The number of allylic oxidation sites excluding steroid dienone is 1. The van der Waals surface area contributed by atoms with Crippen molar-refractivity contribution in [2.24, 2.45) is 0 Å². The average molecular weight is 129 g/mol. The van der Waals surface area contributed by atoms with E-state index in [1.807, 2.05) is 6.92 Å². The van der Waals surface area contributed by atoms with E-state index in [-0.39, 0.29) is 5.91 Å². The molecule has 0 saturated heterocycles. The summed E-state index contributed by atoms with van der Waals surface area (Å²) in [6.07, 6.45) is 0. The molecule has 0 aromatic heterocycles. The molecule has 46 valence electrons. The summed E-state index contributed by atoms with van der Waals surface area (Å²) >= 11 is 0. The van der Waals surface area contributed by atoms with Crippen molar-refractivity contribution in [1.29, 1.82) is 0 Å². The summed E-state index contributed by atoms with van der Waals surface area (Å²) in [6.45, 7) is 6.99. The van der Waals surface area contributed by atoms with Gasteiger partial charge in [0.1, 0.15) is 10.4 Å². The van der Waals surface area contributed by atoms with Gasteiger partial charge in [-0.15, -0.1) is 0 Å². The molecule has 1 amide bonds. The number of carbonyl (C=O) groups is 1. The number of hydrogen-bond donors (Lipinski definition) is 0. The quantitative estimate of drug-likeness (QED) is 0.443. The first-order valence-corrected chi connectivity index (χ1v) is 3.35. The summed E-state index contributed by atoms with van der Waals surface area (Å²) in [6, 6.07) is 0. The summed E-state index contributed by atoms with van der Waals surface area (Å²) in [5.41, 5.74) is 0.837. The molecule has 0 heterocycles. The molecule has 0 aliphatic rings. The van der Waals surface area contributed by atoms with Crippen LogP contribution >= 0.6 is 0 Å². The van der Waals surface area contributed by atoms with Crippen LogP contribution in [0.25, 0.3) is 0 Å². The third-order valence-electron chi connectivity index (χ3n) is 1.04. The Morgan fingerprint density at radius 2 is 2.00 bits per heavy atom. The van der Waals surface area contributed by atoms with Crippen LogP contribution in [0.2, 0.25) is 0 Å². The van der Waals surface area contributed by atoms with Gasteiger partial charge < -0.3 is 4.57 Å². The van der Waals surface area contributed by atoms with Gasteiger partial charge in [0.15, 0.2) is 0 Å². The van der Waals surface area contributed by atoms with Crippen LogP contribution < -0.4 is 0 Å². The average Bonchev–Trinajstić information content (AvgIpc) is 1.64. The Morgan fingerprint density at radius 3 is 2.00 bits per heavy atom. The Balaban J connectivity index is 3.83. The monoisotopic (exact) mass is 129 g/mol. The molecule has 2 nitrogen and oxygen atoms in total. The summed E-state index contributed by atoms with van der Waals surface area (Å²) in [5.74, 6) is 0.0872. The highest BCUT2D eigenvalue weighted by molar-refractivity contribution is 6.15. The summed E-state index contributed by atoms with van der Waals surface area (Å²) in [7, 11) is 0.742. The number of rotatable bonds is 1. The Hall–Kier alpha value is -0.573. The van der Waals surface area contributed by atoms with Gasteiger partial charge in [0, 0.05) is 12.6 Å². The second-order valence-corrected chi connectivity index (χ2v) is 2.71. The van der Waals surface area contributed by atoms with Crippen LogP contribution in [0.3, 0.4) is 0 Å². The first kappa shape index (κ1) is 7.43. The van der Waals surface area contributed by atoms with E-state index in [0.29, 0.717) is 0 Å². The molecular weight excluding hydrogens is 118 g/mol. The topological polar surface area (TPSA) is 20.3 Å². The van der Waals surface area contributed by atoms with E-state index in [1.54, 1.807) is 11.5 Å². The molecule has 0 unspecified atom stereocenters. The molecule has 0 saturated carbocycles. The van der Waals surface area contributed by atoms with Crippen LogP contribution in [0.1, 0.15) is 13.8 Å². The predicted molar refractivity (Wildman–Crippen MR) is 37.3 cm³/mol. The van der Waals surface area contributed by atoms with Gasteiger partial charge in [-0.25, -0.2) is 0 Å². The molecule has 0 aromatic rings. The molecule has 0 aliphatic heterocycles. The van der Waals surface area contributed by atoms with E-state index in [0.717, 1.165) is 16.1 Å². The Kier molecular flexibility index (Phi) is 2.47. The minimum absolute atomic E-state index is 0.0872. The number of nitrogens with zero attached hydrogens (tertiary/aromatic N) is 1. The molecule has 0 radical (unpaired) electrons. The van der Waals surface area contributed by atoms with Crippen LogP contribution in [-0.4, -0.2) is 20.9 Å². The lowest BCUT2D eigenvalue weighted by Crippen LogP contribution is -2.22. The molecule has 3 heteroatoms. The maximum Gasteiger partial charge on any atom is 0.214 e. The lowest BCUT2D eigenvalue weighted by molar-refractivity contribution is -0.123. The van der Waals surface area contributed by atoms with Crippen molar-refractivity contribution in [3.05, 3.63) is 12.3 Å². The fraction of sp³-hybridized carbons (Fsp3) is 0.400. The van der Waals surface area contributed by atoms with Crippen LogP contribution in [-0.2, 0) is 4.79 Å². The van der Waals surface area contributed by atoms with E-state index < -0.39 is 0 Å². The fourth-order valence-corrected chi connectivity index (χ4v) is 0.269. The highest BCUT2D eigenvalue weighted by atomic mass is 28.2. The lowest BCUT2D eigenvalue weighted by Gasteiger charge is -2.13. The van der Waals surface area contributed by atoms with Gasteiger partial charge in [0.25, 0.3) is 0 Å². The van der Waals surface area contributed by atoms with Crippen LogP contribution in [0.4, 0.5) is 0 Å². The fourth-order valence-electron chi connectivity index (χ4n) is 0.269. The number of hydrogen-bond acceptors (Lipinski definition) is 1. The van der Waals surface area contributed by atoms with Crippen LogP contribution in [0.15, 0.2) is 12.3 Å². The number of amides is 1. The van der Waals surface area contributed by atoms with Crippen molar-refractivity contribution in [3.8, 4) is 0 Å². The van der Waals surface area contributed by atoms with E-state index in [4.69, 9.17) is 0 Å². The first-order valence-electron chi connectivity index (χ1n) is 2.45. The molecule has 0 aliphatic carbocycles. The van der Waals surface area contributed by atoms with Gasteiger partial charge in [-0.1, -0.05) is 6.58 Å². The van der Waals surface area contributed by atoms with E-state index in [2.05, 4.69) is 6.58 Å². The summed E-state index contributed by atoms with van der Waals surface area (Å²) < 4.78 is 1.64. The summed E-state index contributed by atoms with van der Waals surface area (Å²) in [4.78, 5) is 10.5. The van der Waals surface area contributed by atoms with Gasteiger partial charge in [0.05, 0.1) is 0 Å². The maximum absolute atomic E-state index is 10.5. The molecule has 0 N–H and O–H groups in total. The minimum Gasteiger partial charge on any atom is -0.354 e. The van der Waals surface area contributed by atoms with Gasteiger partial charge in [0.2, 0.25) is 5.91 Å². The predicted octanol–water partition coefficient (Wildman–Crippen LogP) is -0.351. The Bertz CT molecular complexity index is 108. The molecule has 0 fully saturated rings. The van der Waals surface area contributed by atoms with Gasteiger partial charge >= 0.3 is 0 Å². The van der Waals surface area contributed by atoms with E-state index in [1.165, 1.54) is 0 Å². The largest absolute Gasteiger partial charge is 0.354 e. The first-order chi connectivity index (χ1) is 3.55. The molecule has 0 rings (SSSR count). The van der Waals surface area contributed by atoms with Crippen molar-refractivity contribution in [2.45, 2.75) is 13.8 Å². The van der Waals surface area contributed by atoms with Crippen LogP contribution in [0, 0.1) is 0 Å². The summed E-state index contributed by atoms with van der Waals surface area (Å²) in [5, 5.41) is 0. The Morgan fingerprint density at radius 1 is 1.62 bits per heavy atom. The van der Waals surface area contributed by atoms with Gasteiger partial charge in [-0.3, -0.25) is 4.79 Å². The van der Waals surface area contributed by atoms with Crippen molar-refractivity contribution in [1.82, 2.24) is 4.57 Å². The SMILES string of the molecule is C=C(C)N([SiH3])C(C)=O. The lowest BCUT2D eigenvalue weighted by atomic mass is 10.5. The van der Waals surface area contributed by atoms with Gasteiger partial charge in [-0.2, -0.15) is 0 Å². The third kappa shape index (κ3) is 1.93. The van der Waals surface area contributed by atoms with Crippen LogP contribution in [0.5, 0.6) is 0 Å². The van der Waals surface area contributed by atoms with Crippen molar-refractivity contribution in [3.63, 3.8) is 0 Å². The maximum atomic E-state index is 10.5. The molecular formula is C5H11NOSi. The standard InChI is InChI=1S/C5H11NOSi/c1-4(2)6(8)5(3)7/h1H2,2-3,8H3. The minimum atomic E-state index is 0.0872. The smallest absolute Gasteiger partial charge is 0.214 e. The second-order valence-electron chi connectivity index (χ2n) is 1.81. The van der Waals surface area contributed by atoms with Crippen molar-refractivity contribution in [2.75, 3.05) is 0 Å². The van der Waals surface area contributed by atoms with E-state index in [9.17, 15) is 4.79 Å². The van der Waals surface area contributed by atoms with Gasteiger partial charge in [-0.05, 0) is 6.92 Å². The molecule has 0 spiro atoms. The van der Waals surface area contributed by atoms with Crippen molar-refractivity contribution < 1.29 is 4.79 Å². The zero-order valence-corrected chi connectivity index (χ0v) is 7.56. The second kappa shape index (κ2) is 2.67.